The van der Waals surface area contributed by atoms with E-state index in [1.807, 2.05) is 0 Å². The van der Waals surface area contributed by atoms with Gasteiger partial charge in [-0.1, -0.05) is 19.9 Å². The van der Waals surface area contributed by atoms with Gasteiger partial charge in [-0.3, -0.25) is 0 Å². The standard InChI is InChI=1S/C11H12F6/c1-3-9(2)5-7(10(12,13)14)4-8(6-9)11(15,16)17/h4-5H,3,6H2,1-2H3. The normalized spacial score (nSPS) is 26.6. The van der Waals surface area contributed by atoms with Gasteiger partial charge in [0.25, 0.3) is 0 Å². The minimum Gasteiger partial charge on any atom is -0.166 e. The second kappa shape index (κ2) is 4.07. The number of hydrogen-bond donors (Lipinski definition) is 0. The lowest BCUT2D eigenvalue weighted by atomic mass is 9.75. The Balaban J connectivity index is 3.23. The van der Waals surface area contributed by atoms with Crippen molar-refractivity contribution in [2.75, 3.05) is 0 Å². The molecule has 0 spiro atoms. The van der Waals surface area contributed by atoms with Gasteiger partial charge in [0.15, 0.2) is 0 Å². The van der Waals surface area contributed by atoms with Crippen LogP contribution in [0.1, 0.15) is 26.7 Å². The van der Waals surface area contributed by atoms with E-state index in [0.717, 1.165) is 6.08 Å². The molecule has 1 aliphatic rings. The van der Waals surface area contributed by atoms with Gasteiger partial charge in [0.2, 0.25) is 0 Å². The first kappa shape index (κ1) is 14.1. The molecule has 0 heterocycles. The monoisotopic (exact) mass is 258 g/mol. The number of allylic oxidation sites excluding steroid dienone is 4. The molecule has 0 amide bonds. The van der Waals surface area contributed by atoms with Gasteiger partial charge in [0.1, 0.15) is 0 Å². The van der Waals surface area contributed by atoms with Crippen LogP contribution in [-0.4, -0.2) is 12.4 Å². The molecule has 17 heavy (non-hydrogen) atoms. The van der Waals surface area contributed by atoms with Crippen LogP contribution in [0.3, 0.4) is 0 Å². The lowest BCUT2D eigenvalue weighted by Gasteiger charge is -2.32. The number of hydrogen-bond acceptors (Lipinski definition) is 0. The van der Waals surface area contributed by atoms with Gasteiger partial charge in [-0.05, 0) is 24.3 Å². The van der Waals surface area contributed by atoms with Gasteiger partial charge >= 0.3 is 12.4 Å². The number of alkyl halides is 6. The summed E-state index contributed by atoms with van der Waals surface area (Å²) in [5.74, 6) is 0. The van der Waals surface area contributed by atoms with Crippen molar-refractivity contribution < 1.29 is 26.3 Å². The molecule has 1 aliphatic carbocycles. The van der Waals surface area contributed by atoms with Crippen LogP contribution in [0, 0.1) is 5.41 Å². The average molecular weight is 258 g/mol. The van der Waals surface area contributed by atoms with E-state index in [4.69, 9.17) is 0 Å². The lowest BCUT2D eigenvalue weighted by Crippen LogP contribution is -2.27. The molecule has 0 radical (unpaired) electrons. The zero-order valence-electron chi connectivity index (χ0n) is 9.34. The van der Waals surface area contributed by atoms with E-state index >= 15 is 0 Å². The number of rotatable bonds is 1. The van der Waals surface area contributed by atoms with Gasteiger partial charge in [0.05, 0.1) is 5.57 Å². The van der Waals surface area contributed by atoms with E-state index in [2.05, 4.69) is 0 Å². The highest BCUT2D eigenvalue weighted by Gasteiger charge is 2.44. The third-order valence-electron chi connectivity index (χ3n) is 2.93. The lowest BCUT2D eigenvalue weighted by molar-refractivity contribution is -0.102. The molecule has 0 N–H and O–H groups in total. The molecule has 6 heteroatoms. The van der Waals surface area contributed by atoms with Crippen molar-refractivity contribution in [1.29, 1.82) is 0 Å². The molecule has 98 valence electrons. The summed E-state index contributed by atoms with van der Waals surface area (Å²) in [6.07, 6.45) is -8.54. The molecule has 0 saturated heterocycles. The molecule has 0 fully saturated rings. The number of halogens is 6. The predicted molar refractivity (Wildman–Crippen MR) is 51.3 cm³/mol. The van der Waals surface area contributed by atoms with Crippen LogP contribution in [-0.2, 0) is 0 Å². The van der Waals surface area contributed by atoms with Gasteiger partial charge in [-0.15, -0.1) is 0 Å². The second-order valence-corrected chi connectivity index (χ2v) is 4.45. The fourth-order valence-corrected chi connectivity index (χ4v) is 1.71. The van der Waals surface area contributed by atoms with Crippen LogP contribution in [0.15, 0.2) is 23.3 Å². The molecule has 0 aromatic heterocycles. The second-order valence-electron chi connectivity index (χ2n) is 4.45. The first-order valence-electron chi connectivity index (χ1n) is 5.06. The summed E-state index contributed by atoms with van der Waals surface area (Å²) in [4.78, 5) is 0. The van der Waals surface area contributed by atoms with Crippen LogP contribution >= 0.6 is 0 Å². The van der Waals surface area contributed by atoms with Crippen molar-refractivity contribution in [3.05, 3.63) is 23.3 Å². The molecule has 0 bridgehead atoms. The maximum Gasteiger partial charge on any atom is 0.416 e. The van der Waals surface area contributed by atoms with Crippen molar-refractivity contribution in [2.45, 2.75) is 39.0 Å². The average Bonchev–Trinajstić information content (AvgIpc) is 2.14. The van der Waals surface area contributed by atoms with Crippen LogP contribution in [0.5, 0.6) is 0 Å². The van der Waals surface area contributed by atoms with Gasteiger partial charge in [-0.2, -0.15) is 26.3 Å². The molecule has 1 unspecified atom stereocenters. The molecule has 0 nitrogen and oxygen atoms in total. The van der Waals surface area contributed by atoms with Crippen LogP contribution in [0.2, 0.25) is 0 Å². The first-order chi connectivity index (χ1) is 7.48. The molecule has 0 saturated carbocycles. The van der Waals surface area contributed by atoms with Gasteiger partial charge in [0, 0.05) is 5.57 Å². The largest absolute Gasteiger partial charge is 0.416 e. The SMILES string of the molecule is CCC1(C)C=C(C(F)(F)F)C=C(C(F)(F)F)C1. The van der Waals surface area contributed by atoms with E-state index < -0.39 is 35.3 Å². The zero-order chi connectivity index (χ0) is 13.5. The summed E-state index contributed by atoms with van der Waals surface area (Å²) < 4.78 is 75.1. The molecule has 1 rings (SSSR count). The third kappa shape index (κ3) is 3.26. The zero-order valence-corrected chi connectivity index (χ0v) is 9.34. The Morgan fingerprint density at radius 1 is 1.12 bits per heavy atom. The smallest absolute Gasteiger partial charge is 0.166 e. The minimum absolute atomic E-state index is 0.206. The van der Waals surface area contributed by atoms with Crippen molar-refractivity contribution in [1.82, 2.24) is 0 Å². The van der Waals surface area contributed by atoms with E-state index in [1.54, 1.807) is 6.92 Å². The highest BCUT2D eigenvalue weighted by Crippen LogP contribution is 2.45. The van der Waals surface area contributed by atoms with Crippen LogP contribution in [0.25, 0.3) is 0 Å². The molecular formula is C11H12F6. The molecule has 0 aliphatic heterocycles. The van der Waals surface area contributed by atoms with Gasteiger partial charge < -0.3 is 0 Å². The fourth-order valence-electron chi connectivity index (χ4n) is 1.71. The Bertz CT molecular complexity index is 357. The van der Waals surface area contributed by atoms with Crippen molar-refractivity contribution in [3.8, 4) is 0 Å². The highest BCUT2D eigenvalue weighted by molar-refractivity contribution is 5.36. The Hall–Kier alpha value is -0.940. The van der Waals surface area contributed by atoms with E-state index in [0.29, 0.717) is 0 Å². The molecule has 1 atom stereocenters. The fraction of sp³-hybridized carbons (Fsp3) is 0.636. The van der Waals surface area contributed by atoms with E-state index in [1.165, 1.54) is 6.92 Å². The molecule has 0 aromatic carbocycles. The summed E-state index contributed by atoms with van der Waals surface area (Å²) in [6, 6.07) is 0. The minimum atomic E-state index is -4.74. The predicted octanol–water partition coefficient (Wildman–Crippen LogP) is 4.78. The van der Waals surface area contributed by atoms with E-state index in [9.17, 15) is 26.3 Å². The molecule has 0 aromatic rings. The summed E-state index contributed by atoms with van der Waals surface area (Å²) in [5.41, 5.74) is -3.41. The Kier molecular flexibility index (Phi) is 3.38. The maximum atomic E-state index is 12.5. The van der Waals surface area contributed by atoms with Gasteiger partial charge in [-0.25, -0.2) is 0 Å². The summed E-state index contributed by atoms with van der Waals surface area (Å²) in [6.45, 7) is 2.97. The van der Waals surface area contributed by atoms with Crippen molar-refractivity contribution in [2.24, 2.45) is 5.41 Å². The molecular weight excluding hydrogens is 246 g/mol. The maximum absolute atomic E-state index is 12.5. The quantitative estimate of drug-likeness (QED) is 0.593. The Morgan fingerprint density at radius 3 is 2.00 bits per heavy atom. The van der Waals surface area contributed by atoms with Crippen LogP contribution < -0.4 is 0 Å². The Labute approximate surface area is 95.0 Å². The summed E-state index contributed by atoms with van der Waals surface area (Å²) in [5, 5.41) is 0. The third-order valence-corrected chi connectivity index (χ3v) is 2.93. The Morgan fingerprint density at radius 2 is 1.65 bits per heavy atom. The van der Waals surface area contributed by atoms with Crippen molar-refractivity contribution >= 4 is 0 Å². The van der Waals surface area contributed by atoms with Crippen molar-refractivity contribution in [3.63, 3.8) is 0 Å². The first-order valence-corrected chi connectivity index (χ1v) is 5.06. The van der Waals surface area contributed by atoms with E-state index in [-0.39, 0.29) is 12.5 Å². The van der Waals surface area contributed by atoms with Crippen LogP contribution in [0.4, 0.5) is 26.3 Å². The topological polar surface area (TPSA) is 0 Å². The summed E-state index contributed by atoms with van der Waals surface area (Å²) >= 11 is 0. The highest BCUT2D eigenvalue weighted by atomic mass is 19.4. The summed E-state index contributed by atoms with van der Waals surface area (Å²) in [7, 11) is 0.